The number of nitro benzene ring substituents is 1. The van der Waals surface area contributed by atoms with E-state index in [1.165, 1.54) is 12.4 Å². The van der Waals surface area contributed by atoms with E-state index < -0.39 is 4.92 Å². The van der Waals surface area contributed by atoms with Gasteiger partial charge in [-0.25, -0.2) is 4.98 Å². The lowest BCUT2D eigenvalue weighted by atomic mass is 10.2. The number of nitrogens with two attached hydrogens (primary N) is 1. The Kier molecular flexibility index (Phi) is 2.87. The molecule has 0 unspecified atom stereocenters. The lowest BCUT2D eigenvalue weighted by molar-refractivity contribution is -0.385. The van der Waals surface area contributed by atoms with Crippen molar-refractivity contribution in [3.63, 3.8) is 0 Å². The van der Waals surface area contributed by atoms with E-state index in [-0.39, 0.29) is 23.3 Å². The van der Waals surface area contributed by atoms with Gasteiger partial charge in [0.2, 0.25) is 11.7 Å². The highest BCUT2D eigenvalue weighted by molar-refractivity contribution is 5.77. The number of aryl methyl sites for hydroxylation is 1. The van der Waals surface area contributed by atoms with E-state index in [0.717, 1.165) is 0 Å². The highest BCUT2D eigenvalue weighted by atomic mass is 16.6. The van der Waals surface area contributed by atoms with E-state index in [9.17, 15) is 10.1 Å². The maximum atomic E-state index is 11.1. The summed E-state index contributed by atoms with van der Waals surface area (Å²) >= 11 is 0. The van der Waals surface area contributed by atoms with Gasteiger partial charge < -0.3 is 15.5 Å². The Morgan fingerprint density at radius 3 is 2.95 bits per heavy atom. The van der Waals surface area contributed by atoms with Gasteiger partial charge in [0, 0.05) is 6.07 Å². The number of imidazole rings is 1. The third kappa shape index (κ3) is 2.20. The van der Waals surface area contributed by atoms with Crippen molar-refractivity contribution < 1.29 is 9.66 Å². The summed E-state index contributed by atoms with van der Waals surface area (Å²) in [7, 11) is 0. The molecule has 1 aromatic carbocycles. The fraction of sp³-hybridized carbons (Fsp3) is 0.0833. The van der Waals surface area contributed by atoms with E-state index in [1.54, 1.807) is 19.1 Å². The fourth-order valence-electron chi connectivity index (χ4n) is 1.91. The van der Waals surface area contributed by atoms with Crippen LogP contribution in [0.15, 0.2) is 24.5 Å². The van der Waals surface area contributed by atoms with Crippen LogP contribution in [-0.2, 0) is 0 Å². The van der Waals surface area contributed by atoms with Gasteiger partial charge in [-0.05, 0) is 12.5 Å². The van der Waals surface area contributed by atoms with Crippen LogP contribution in [0.1, 0.15) is 5.56 Å². The summed E-state index contributed by atoms with van der Waals surface area (Å²) in [6, 6.07) is 4.65. The first kappa shape index (κ1) is 12.8. The topological polar surface area (TPSA) is 133 Å². The molecule has 0 fully saturated rings. The van der Waals surface area contributed by atoms with Crippen LogP contribution in [0, 0.1) is 17.0 Å². The molecule has 0 atom stereocenters. The van der Waals surface area contributed by atoms with Crippen LogP contribution in [0.3, 0.4) is 0 Å². The SMILES string of the molecule is Cc1cccc([N+](=O)[O-])c1Oc1nc(N)nc2nc[nH]c12. The van der Waals surface area contributed by atoms with Crippen molar-refractivity contribution in [1.29, 1.82) is 0 Å². The average Bonchev–Trinajstić information content (AvgIpc) is 2.88. The third-order valence-electron chi connectivity index (χ3n) is 2.86. The molecule has 0 aliphatic rings. The molecule has 0 saturated carbocycles. The van der Waals surface area contributed by atoms with E-state index in [2.05, 4.69) is 19.9 Å². The number of nitro groups is 1. The quantitative estimate of drug-likeness (QED) is 0.555. The second kappa shape index (κ2) is 4.71. The molecule has 106 valence electrons. The van der Waals surface area contributed by atoms with Crippen LogP contribution >= 0.6 is 0 Å². The van der Waals surface area contributed by atoms with E-state index in [1.807, 2.05) is 0 Å². The Morgan fingerprint density at radius 1 is 1.38 bits per heavy atom. The van der Waals surface area contributed by atoms with Gasteiger partial charge in [-0.3, -0.25) is 10.1 Å². The maximum Gasteiger partial charge on any atom is 0.311 e. The zero-order valence-corrected chi connectivity index (χ0v) is 10.9. The Bertz CT molecular complexity index is 844. The first-order valence-corrected chi connectivity index (χ1v) is 5.94. The molecule has 3 rings (SSSR count). The van der Waals surface area contributed by atoms with Crippen LogP contribution in [0.2, 0.25) is 0 Å². The zero-order valence-electron chi connectivity index (χ0n) is 10.9. The van der Waals surface area contributed by atoms with Crippen LogP contribution in [0.5, 0.6) is 11.6 Å². The number of benzene rings is 1. The van der Waals surface area contributed by atoms with Gasteiger partial charge in [0.15, 0.2) is 5.65 Å². The summed E-state index contributed by atoms with van der Waals surface area (Å²) in [5, 5.41) is 11.1. The van der Waals surface area contributed by atoms with Crippen LogP contribution in [-0.4, -0.2) is 24.9 Å². The van der Waals surface area contributed by atoms with E-state index in [4.69, 9.17) is 10.5 Å². The van der Waals surface area contributed by atoms with Gasteiger partial charge in [-0.2, -0.15) is 9.97 Å². The molecule has 2 aromatic heterocycles. The number of ether oxygens (including phenoxy) is 1. The number of nitrogen functional groups attached to an aromatic ring is 1. The maximum absolute atomic E-state index is 11.1. The van der Waals surface area contributed by atoms with Crippen molar-refractivity contribution in [2.75, 3.05) is 5.73 Å². The number of nitrogens with zero attached hydrogens (tertiary/aromatic N) is 4. The van der Waals surface area contributed by atoms with Gasteiger partial charge in [-0.1, -0.05) is 12.1 Å². The molecule has 3 aromatic rings. The molecule has 0 aliphatic carbocycles. The molecule has 0 aliphatic heterocycles. The minimum absolute atomic E-state index is 0.0270. The average molecular weight is 286 g/mol. The number of aromatic amines is 1. The lowest BCUT2D eigenvalue weighted by Crippen LogP contribution is -2.01. The van der Waals surface area contributed by atoms with Gasteiger partial charge in [0.05, 0.1) is 11.3 Å². The molecule has 0 bridgehead atoms. The number of aromatic nitrogens is 4. The minimum atomic E-state index is -0.517. The fourth-order valence-corrected chi connectivity index (χ4v) is 1.91. The molecule has 21 heavy (non-hydrogen) atoms. The molecule has 0 radical (unpaired) electrons. The minimum Gasteiger partial charge on any atom is -0.429 e. The first-order valence-electron chi connectivity index (χ1n) is 5.94. The van der Waals surface area contributed by atoms with Crippen molar-refractivity contribution in [3.05, 3.63) is 40.2 Å². The van der Waals surface area contributed by atoms with Crippen molar-refractivity contribution >= 4 is 22.8 Å². The summed E-state index contributed by atoms with van der Waals surface area (Å²) in [5.74, 6) is 0.171. The molecule has 0 saturated heterocycles. The number of nitrogens with one attached hydrogen (secondary N) is 1. The predicted octanol–water partition coefficient (Wildman–Crippen LogP) is 1.94. The molecule has 0 spiro atoms. The van der Waals surface area contributed by atoms with Crippen molar-refractivity contribution in [2.24, 2.45) is 0 Å². The number of fused-ring (bicyclic) bond motifs is 1. The number of hydrogen-bond acceptors (Lipinski definition) is 7. The molecular weight excluding hydrogens is 276 g/mol. The van der Waals surface area contributed by atoms with E-state index in [0.29, 0.717) is 16.7 Å². The van der Waals surface area contributed by atoms with Crippen molar-refractivity contribution in [2.45, 2.75) is 6.92 Å². The highest BCUT2D eigenvalue weighted by Gasteiger charge is 2.20. The number of rotatable bonds is 3. The largest absolute Gasteiger partial charge is 0.429 e. The summed E-state index contributed by atoms with van der Waals surface area (Å²) in [6.45, 7) is 1.71. The van der Waals surface area contributed by atoms with Crippen molar-refractivity contribution in [1.82, 2.24) is 19.9 Å². The molecule has 0 amide bonds. The van der Waals surface area contributed by atoms with Gasteiger partial charge in [0.1, 0.15) is 5.52 Å². The first-order chi connectivity index (χ1) is 10.1. The summed E-state index contributed by atoms with van der Waals surface area (Å²) in [6.07, 6.45) is 1.41. The van der Waals surface area contributed by atoms with Gasteiger partial charge in [-0.15, -0.1) is 0 Å². The number of hydrogen-bond donors (Lipinski definition) is 2. The van der Waals surface area contributed by atoms with E-state index >= 15 is 0 Å². The standard InChI is InChI=1S/C12H10N6O3/c1-6-3-2-4-7(18(19)20)9(6)21-11-8-10(15-5-14-8)16-12(13)17-11/h2-5H,1H3,(H3,13,14,15,16,17). The molecule has 9 nitrogen and oxygen atoms in total. The lowest BCUT2D eigenvalue weighted by Gasteiger charge is -2.08. The van der Waals surface area contributed by atoms with Crippen LogP contribution < -0.4 is 10.5 Å². The Morgan fingerprint density at radius 2 is 2.19 bits per heavy atom. The summed E-state index contributed by atoms with van der Waals surface area (Å²) in [4.78, 5) is 25.2. The Balaban J connectivity index is 2.15. The van der Waals surface area contributed by atoms with Crippen molar-refractivity contribution in [3.8, 4) is 11.6 Å². The smallest absolute Gasteiger partial charge is 0.311 e. The normalized spacial score (nSPS) is 10.7. The van der Waals surface area contributed by atoms with Gasteiger partial charge in [0.25, 0.3) is 5.88 Å². The predicted molar refractivity (Wildman–Crippen MR) is 74.0 cm³/mol. The number of anilines is 1. The number of para-hydroxylation sites is 1. The Hall–Kier alpha value is -3.23. The highest BCUT2D eigenvalue weighted by Crippen LogP contribution is 2.35. The molecule has 2 heterocycles. The Labute approximate surface area is 118 Å². The summed E-state index contributed by atoms with van der Waals surface area (Å²) < 4.78 is 5.61. The zero-order chi connectivity index (χ0) is 15.0. The molecular formula is C12H10N6O3. The second-order valence-electron chi connectivity index (χ2n) is 4.27. The van der Waals surface area contributed by atoms with Crippen LogP contribution in [0.4, 0.5) is 11.6 Å². The molecule has 9 heteroatoms. The monoisotopic (exact) mass is 286 g/mol. The second-order valence-corrected chi connectivity index (χ2v) is 4.27. The van der Waals surface area contributed by atoms with Crippen LogP contribution in [0.25, 0.3) is 11.2 Å². The summed E-state index contributed by atoms with van der Waals surface area (Å²) in [5.41, 5.74) is 6.78. The number of H-pyrrole nitrogens is 1. The van der Waals surface area contributed by atoms with Gasteiger partial charge >= 0.3 is 5.69 Å². The third-order valence-corrected chi connectivity index (χ3v) is 2.86. The molecule has 3 N–H and O–H groups in total.